The number of primary sulfonamides is 1. The Kier molecular flexibility index (Phi) is 5.23. The van der Waals surface area contributed by atoms with Crippen molar-refractivity contribution < 1.29 is 23.1 Å². The molecule has 0 radical (unpaired) electrons. The van der Waals surface area contributed by atoms with Crippen molar-refractivity contribution in [2.75, 3.05) is 0 Å². The fourth-order valence-corrected chi connectivity index (χ4v) is 2.26. The molecule has 0 saturated heterocycles. The summed E-state index contributed by atoms with van der Waals surface area (Å²) in [5.74, 6) is -2.08. The second kappa shape index (κ2) is 6.49. The van der Waals surface area contributed by atoms with Crippen LogP contribution in [0.3, 0.4) is 0 Å². The highest BCUT2D eigenvalue weighted by Crippen LogP contribution is 2.08. The molecule has 0 bridgehead atoms. The van der Waals surface area contributed by atoms with E-state index in [2.05, 4.69) is 5.32 Å². The maximum atomic E-state index is 11.9. The summed E-state index contributed by atoms with van der Waals surface area (Å²) in [5, 5.41) is 16.1. The molecule has 1 unspecified atom stereocenters. The van der Waals surface area contributed by atoms with Gasteiger partial charge in [0.2, 0.25) is 10.0 Å². The van der Waals surface area contributed by atoms with Crippen molar-refractivity contribution in [1.29, 1.82) is 0 Å². The molecule has 1 atom stereocenters. The molecule has 1 rings (SSSR count). The molecule has 0 spiro atoms. The minimum absolute atomic E-state index is 0.186. The van der Waals surface area contributed by atoms with Gasteiger partial charge in [0.05, 0.1) is 5.75 Å². The van der Waals surface area contributed by atoms with E-state index in [4.69, 9.17) is 10.2 Å². The van der Waals surface area contributed by atoms with Gasteiger partial charge in [-0.2, -0.15) is 0 Å². The van der Waals surface area contributed by atoms with Gasteiger partial charge in [-0.15, -0.1) is 0 Å². The first-order valence-electron chi connectivity index (χ1n) is 5.86. The number of sulfonamides is 1. The Bertz CT molecular complexity index is 612. The highest BCUT2D eigenvalue weighted by atomic mass is 32.2. The second-order valence-electron chi connectivity index (χ2n) is 4.28. The van der Waals surface area contributed by atoms with Crippen molar-refractivity contribution >= 4 is 21.9 Å². The van der Waals surface area contributed by atoms with Crippen LogP contribution in [0, 0.1) is 0 Å². The molecule has 0 aliphatic carbocycles. The Hall–Kier alpha value is -1.93. The summed E-state index contributed by atoms with van der Waals surface area (Å²) in [5.41, 5.74) is 0.550. The summed E-state index contributed by atoms with van der Waals surface area (Å²) in [7, 11) is -3.69. The summed E-state index contributed by atoms with van der Waals surface area (Å²) in [6.45, 7) is 1.64. The lowest BCUT2D eigenvalue weighted by molar-refractivity contribution is -0.139. The van der Waals surface area contributed by atoms with E-state index in [0.29, 0.717) is 5.56 Å². The van der Waals surface area contributed by atoms with Gasteiger partial charge in [-0.1, -0.05) is 19.1 Å². The van der Waals surface area contributed by atoms with Crippen LogP contribution >= 0.6 is 0 Å². The van der Waals surface area contributed by atoms with Crippen LogP contribution in [0.5, 0.6) is 0 Å². The molecule has 1 aromatic rings. The van der Waals surface area contributed by atoms with Crippen molar-refractivity contribution in [1.82, 2.24) is 5.32 Å². The normalized spacial score (nSPS) is 12.7. The van der Waals surface area contributed by atoms with Crippen LogP contribution in [0.4, 0.5) is 0 Å². The number of carbonyl (C=O) groups excluding carboxylic acids is 1. The largest absolute Gasteiger partial charge is 0.480 e. The van der Waals surface area contributed by atoms with Crippen LogP contribution in [0.15, 0.2) is 24.3 Å². The molecule has 0 aliphatic heterocycles. The second-order valence-corrected chi connectivity index (χ2v) is 5.89. The summed E-state index contributed by atoms with van der Waals surface area (Å²) >= 11 is 0. The Balaban J connectivity index is 2.89. The van der Waals surface area contributed by atoms with E-state index in [0.717, 1.165) is 0 Å². The lowest BCUT2D eigenvalue weighted by Crippen LogP contribution is -2.40. The number of hydrogen-bond donors (Lipinski definition) is 3. The van der Waals surface area contributed by atoms with E-state index in [-0.39, 0.29) is 17.7 Å². The minimum Gasteiger partial charge on any atom is -0.480 e. The maximum Gasteiger partial charge on any atom is 0.326 e. The predicted octanol–water partition coefficient (Wildman–Crippen LogP) is 0.0681. The van der Waals surface area contributed by atoms with Crippen LogP contribution in [0.1, 0.15) is 29.3 Å². The van der Waals surface area contributed by atoms with Gasteiger partial charge in [-0.25, -0.2) is 18.4 Å². The Morgan fingerprint density at radius 3 is 2.55 bits per heavy atom. The zero-order valence-corrected chi connectivity index (χ0v) is 11.7. The van der Waals surface area contributed by atoms with Gasteiger partial charge < -0.3 is 10.4 Å². The topological polar surface area (TPSA) is 127 Å². The zero-order chi connectivity index (χ0) is 15.3. The number of carboxylic acid groups (broad SMARTS) is 1. The van der Waals surface area contributed by atoms with Gasteiger partial charge in [0.15, 0.2) is 0 Å². The van der Waals surface area contributed by atoms with Crippen molar-refractivity contribution in [2.45, 2.75) is 25.1 Å². The number of nitrogens with two attached hydrogens (primary N) is 1. The van der Waals surface area contributed by atoms with Gasteiger partial charge >= 0.3 is 5.97 Å². The molecule has 110 valence electrons. The van der Waals surface area contributed by atoms with Crippen molar-refractivity contribution in [2.24, 2.45) is 5.14 Å². The van der Waals surface area contributed by atoms with Gasteiger partial charge in [0.1, 0.15) is 6.04 Å². The number of hydrogen-bond acceptors (Lipinski definition) is 4. The van der Waals surface area contributed by atoms with Gasteiger partial charge in [0, 0.05) is 5.56 Å². The predicted molar refractivity (Wildman–Crippen MR) is 72.4 cm³/mol. The quantitative estimate of drug-likeness (QED) is 0.685. The molecule has 0 saturated carbocycles. The molecule has 0 aliphatic rings. The fraction of sp³-hybridized carbons (Fsp3) is 0.333. The van der Waals surface area contributed by atoms with Crippen molar-refractivity contribution in [3.05, 3.63) is 35.4 Å². The summed E-state index contributed by atoms with van der Waals surface area (Å²) in [4.78, 5) is 22.7. The molecule has 20 heavy (non-hydrogen) atoms. The lowest BCUT2D eigenvalue weighted by atomic mass is 10.1. The Morgan fingerprint density at radius 2 is 2.05 bits per heavy atom. The Labute approximate surface area is 116 Å². The van der Waals surface area contributed by atoms with Crippen molar-refractivity contribution in [3.8, 4) is 0 Å². The fourth-order valence-electron chi connectivity index (χ4n) is 1.61. The number of carboxylic acids is 1. The third-order valence-corrected chi connectivity index (χ3v) is 3.30. The molecule has 0 heterocycles. The number of nitrogens with one attached hydrogen (secondary N) is 1. The average molecular weight is 300 g/mol. The molecule has 0 aromatic heterocycles. The molecular weight excluding hydrogens is 284 g/mol. The number of carbonyl (C=O) groups is 2. The first kappa shape index (κ1) is 16.1. The van der Waals surface area contributed by atoms with Crippen LogP contribution in [-0.4, -0.2) is 31.4 Å². The number of aliphatic carboxylic acids is 1. The number of rotatable bonds is 6. The van der Waals surface area contributed by atoms with Crippen molar-refractivity contribution in [3.63, 3.8) is 0 Å². The van der Waals surface area contributed by atoms with E-state index >= 15 is 0 Å². The zero-order valence-electron chi connectivity index (χ0n) is 10.9. The Morgan fingerprint density at radius 1 is 1.40 bits per heavy atom. The number of amides is 1. The molecular formula is C12H16N2O5S. The highest BCUT2D eigenvalue weighted by molar-refractivity contribution is 7.88. The third-order valence-electron chi connectivity index (χ3n) is 2.57. The van der Waals surface area contributed by atoms with E-state index in [1.165, 1.54) is 24.3 Å². The third kappa shape index (κ3) is 4.98. The minimum atomic E-state index is -3.69. The monoisotopic (exact) mass is 300 g/mol. The van der Waals surface area contributed by atoms with Crippen LogP contribution in [0.25, 0.3) is 0 Å². The number of benzene rings is 1. The first-order valence-corrected chi connectivity index (χ1v) is 7.57. The van der Waals surface area contributed by atoms with Crippen LogP contribution in [0.2, 0.25) is 0 Å². The van der Waals surface area contributed by atoms with E-state index in [1.807, 2.05) is 0 Å². The molecule has 7 nitrogen and oxygen atoms in total. The standard InChI is InChI=1S/C12H16N2O5S/c1-2-10(12(16)17)14-11(15)9-5-3-4-8(6-9)7-20(13,18)19/h3-6,10H,2,7H2,1H3,(H,14,15)(H,16,17)(H2,13,18,19). The first-order chi connectivity index (χ1) is 9.23. The van der Waals surface area contributed by atoms with Crippen LogP contribution < -0.4 is 10.5 Å². The smallest absolute Gasteiger partial charge is 0.326 e. The summed E-state index contributed by atoms with van der Waals surface area (Å²) in [6, 6.07) is 4.89. The van der Waals surface area contributed by atoms with Gasteiger partial charge in [-0.3, -0.25) is 4.79 Å². The van der Waals surface area contributed by atoms with Crippen LogP contribution in [-0.2, 0) is 20.6 Å². The summed E-state index contributed by atoms with van der Waals surface area (Å²) < 4.78 is 22.0. The maximum absolute atomic E-state index is 11.9. The van der Waals surface area contributed by atoms with E-state index < -0.39 is 27.9 Å². The molecule has 8 heteroatoms. The molecule has 4 N–H and O–H groups in total. The molecule has 1 aromatic carbocycles. The highest BCUT2D eigenvalue weighted by Gasteiger charge is 2.18. The molecule has 1 amide bonds. The van der Waals surface area contributed by atoms with Gasteiger partial charge in [-0.05, 0) is 24.1 Å². The summed E-state index contributed by atoms with van der Waals surface area (Å²) in [6.07, 6.45) is 0.248. The lowest BCUT2D eigenvalue weighted by Gasteiger charge is -2.12. The van der Waals surface area contributed by atoms with E-state index in [9.17, 15) is 18.0 Å². The van der Waals surface area contributed by atoms with E-state index in [1.54, 1.807) is 6.92 Å². The SMILES string of the molecule is CCC(NC(=O)c1cccc(CS(N)(=O)=O)c1)C(=O)O. The average Bonchev–Trinajstić information content (AvgIpc) is 2.33. The van der Waals surface area contributed by atoms with Gasteiger partial charge in [0.25, 0.3) is 5.91 Å². The molecule has 0 fully saturated rings.